The van der Waals surface area contributed by atoms with Gasteiger partial charge in [0.2, 0.25) is 5.91 Å². The molecule has 1 aromatic heterocycles. The van der Waals surface area contributed by atoms with Crippen LogP contribution in [0.15, 0.2) is 18.2 Å². The summed E-state index contributed by atoms with van der Waals surface area (Å²) in [4.78, 5) is 36.9. The van der Waals surface area contributed by atoms with Gasteiger partial charge in [-0.1, -0.05) is 17.7 Å². The molecule has 0 aliphatic rings. The third-order valence-electron chi connectivity index (χ3n) is 4.34. The number of hydrogen-bond acceptors (Lipinski definition) is 6. The van der Waals surface area contributed by atoms with Crippen LogP contribution in [-0.4, -0.2) is 30.9 Å². The fourth-order valence-corrected chi connectivity index (χ4v) is 4.06. The maximum absolute atomic E-state index is 12.4. The topological polar surface area (TPSA) is 81.7 Å². The number of carbonyl (C=O) groups excluding carboxylic acids is 3. The number of amides is 1. The van der Waals surface area contributed by atoms with Gasteiger partial charge in [-0.3, -0.25) is 9.59 Å². The fraction of sp³-hybridized carbons (Fsp3) is 0.409. The Bertz CT molecular complexity index is 916. The van der Waals surface area contributed by atoms with Crippen LogP contribution in [0.5, 0.6) is 5.75 Å². The predicted octanol–water partition coefficient (Wildman–Crippen LogP) is 4.85. The molecule has 1 N–H and O–H groups in total. The summed E-state index contributed by atoms with van der Waals surface area (Å²) < 4.78 is 10.8. The summed E-state index contributed by atoms with van der Waals surface area (Å²) in [6, 6.07) is 5.95. The number of Topliss-reactive ketones (excluding diaryl/α,β-unsaturated/α-hetero) is 1. The highest BCUT2D eigenvalue weighted by atomic mass is 32.1. The van der Waals surface area contributed by atoms with Gasteiger partial charge in [0.05, 0.1) is 23.7 Å². The number of esters is 1. The molecule has 0 spiro atoms. The number of aryl methyl sites for hydroxylation is 2. The van der Waals surface area contributed by atoms with Crippen molar-refractivity contribution in [3.63, 3.8) is 0 Å². The molecule has 0 unspecified atom stereocenters. The predicted molar refractivity (Wildman–Crippen MR) is 114 cm³/mol. The van der Waals surface area contributed by atoms with E-state index in [2.05, 4.69) is 5.32 Å². The lowest BCUT2D eigenvalue weighted by atomic mass is 10.1. The molecule has 7 heteroatoms. The lowest BCUT2D eigenvalue weighted by molar-refractivity contribution is -0.116. The van der Waals surface area contributed by atoms with E-state index in [0.29, 0.717) is 28.5 Å². The number of anilines is 1. The number of hydrogen-bond donors (Lipinski definition) is 1. The molecule has 156 valence electrons. The molecule has 0 saturated carbocycles. The Balaban J connectivity index is 1.98. The average molecular weight is 418 g/mol. The Kier molecular flexibility index (Phi) is 7.96. The van der Waals surface area contributed by atoms with Crippen LogP contribution >= 0.6 is 11.3 Å². The van der Waals surface area contributed by atoms with Crippen molar-refractivity contribution < 1.29 is 23.9 Å². The van der Waals surface area contributed by atoms with Crippen molar-refractivity contribution in [1.82, 2.24) is 0 Å². The van der Waals surface area contributed by atoms with Crippen LogP contribution in [0.3, 0.4) is 0 Å². The normalized spacial score (nSPS) is 10.5. The van der Waals surface area contributed by atoms with Gasteiger partial charge in [-0.15, -0.1) is 11.3 Å². The number of ketones is 1. The van der Waals surface area contributed by atoms with Crippen LogP contribution in [0.2, 0.25) is 0 Å². The summed E-state index contributed by atoms with van der Waals surface area (Å²) in [6.45, 7) is 9.46. The van der Waals surface area contributed by atoms with Crippen LogP contribution < -0.4 is 10.1 Å². The first-order valence-electron chi connectivity index (χ1n) is 9.55. The van der Waals surface area contributed by atoms with Gasteiger partial charge in [0.25, 0.3) is 0 Å². The van der Waals surface area contributed by atoms with Gasteiger partial charge in [-0.2, -0.15) is 0 Å². The van der Waals surface area contributed by atoms with Gasteiger partial charge < -0.3 is 14.8 Å². The SMILES string of the molecule is CCOC(=O)c1c(NC(=O)CCCOc2ccc(C)cc2C)sc(C(C)=O)c1C. The second-order valence-electron chi connectivity index (χ2n) is 6.81. The lowest BCUT2D eigenvalue weighted by Gasteiger charge is -2.10. The summed E-state index contributed by atoms with van der Waals surface area (Å²) in [5.41, 5.74) is 3.01. The molecule has 0 atom stereocenters. The van der Waals surface area contributed by atoms with Crippen LogP contribution in [-0.2, 0) is 9.53 Å². The molecule has 6 nitrogen and oxygen atoms in total. The fourth-order valence-electron chi connectivity index (χ4n) is 2.95. The first-order chi connectivity index (χ1) is 13.7. The van der Waals surface area contributed by atoms with Crippen molar-refractivity contribution in [3.8, 4) is 5.75 Å². The smallest absolute Gasteiger partial charge is 0.341 e. The molecule has 0 fully saturated rings. The second kappa shape index (κ2) is 10.2. The van der Waals surface area contributed by atoms with E-state index in [1.54, 1.807) is 13.8 Å². The molecule has 0 aliphatic carbocycles. The number of thiophene rings is 1. The monoisotopic (exact) mass is 417 g/mol. The van der Waals surface area contributed by atoms with Crippen molar-refractivity contribution in [2.24, 2.45) is 0 Å². The molecule has 0 bridgehead atoms. The van der Waals surface area contributed by atoms with Crippen molar-refractivity contribution >= 4 is 34.0 Å². The summed E-state index contributed by atoms with van der Waals surface area (Å²) in [5, 5.41) is 3.11. The molecule has 1 amide bonds. The number of benzene rings is 1. The van der Waals surface area contributed by atoms with Crippen LogP contribution in [0, 0.1) is 20.8 Å². The zero-order chi connectivity index (χ0) is 21.6. The zero-order valence-corrected chi connectivity index (χ0v) is 18.3. The first kappa shape index (κ1) is 22.6. The van der Waals surface area contributed by atoms with Gasteiger partial charge in [-0.05, 0) is 58.2 Å². The highest BCUT2D eigenvalue weighted by molar-refractivity contribution is 7.18. The average Bonchev–Trinajstić information content (AvgIpc) is 2.96. The van der Waals surface area contributed by atoms with Crippen molar-refractivity contribution in [1.29, 1.82) is 0 Å². The quantitative estimate of drug-likeness (QED) is 0.358. The maximum atomic E-state index is 12.4. The number of nitrogens with one attached hydrogen (secondary N) is 1. The number of carbonyl (C=O) groups is 3. The summed E-state index contributed by atoms with van der Waals surface area (Å²) in [5.74, 6) is -0.126. The van der Waals surface area contributed by atoms with E-state index in [9.17, 15) is 14.4 Å². The van der Waals surface area contributed by atoms with E-state index in [-0.39, 0.29) is 30.3 Å². The van der Waals surface area contributed by atoms with Crippen LogP contribution in [0.25, 0.3) is 0 Å². The summed E-state index contributed by atoms with van der Waals surface area (Å²) in [6.07, 6.45) is 0.761. The van der Waals surface area contributed by atoms with E-state index in [1.807, 2.05) is 32.0 Å². The molecule has 0 radical (unpaired) electrons. The third kappa shape index (κ3) is 5.90. The Labute approximate surface area is 175 Å². The van der Waals surface area contributed by atoms with Crippen molar-refractivity contribution in [2.45, 2.75) is 47.5 Å². The highest BCUT2D eigenvalue weighted by Gasteiger charge is 2.25. The van der Waals surface area contributed by atoms with Crippen molar-refractivity contribution in [2.75, 3.05) is 18.5 Å². The molecule has 29 heavy (non-hydrogen) atoms. The Morgan fingerprint density at radius 3 is 2.48 bits per heavy atom. The minimum atomic E-state index is -0.540. The van der Waals surface area contributed by atoms with E-state index in [4.69, 9.17) is 9.47 Å². The Morgan fingerprint density at radius 1 is 1.14 bits per heavy atom. The molecular weight excluding hydrogens is 390 g/mol. The van der Waals surface area contributed by atoms with Gasteiger partial charge in [0.1, 0.15) is 10.8 Å². The van der Waals surface area contributed by atoms with Gasteiger partial charge >= 0.3 is 5.97 Å². The van der Waals surface area contributed by atoms with E-state index >= 15 is 0 Å². The molecule has 2 rings (SSSR count). The maximum Gasteiger partial charge on any atom is 0.341 e. The molecular formula is C22H27NO5S. The van der Waals surface area contributed by atoms with Gasteiger partial charge in [0.15, 0.2) is 5.78 Å². The number of ether oxygens (including phenoxy) is 2. The Morgan fingerprint density at radius 2 is 1.86 bits per heavy atom. The van der Waals surface area contributed by atoms with Crippen LogP contribution in [0.4, 0.5) is 5.00 Å². The lowest BCUT2D eigenvalue weighted by Crippen LogP contribution is -2.15. The molecule has 0 aliphatic heterocycles. The summed E-state index contributed by atoms with van der Waals surface area (Å²) >= 11 is 1.10. The second-order valence-corrected chi connectivity index (χ2v) is 7.83. The Hall–Kier alpha value is -2.67. The molecule has 0 saturated heterocycles. The minimum absolute atomic E-state index is 0.152. The van der Waals surface area contributed by atoms with Crippen LogP contribution in [0.1, 0.15) is 63.4 Å². The van der Waals surface area contributed by atoms with E-state index in [0.717, 1.165) is 22.6 Å². The molecule has 1 heterocycles. The largest absolute Gasteiger partial charge is 0.493 e. The summed E-state index contributed by atoms with van der Waals surface area (Å²) in [7, 11) is 0. The standard InChI is InChI=1S/C22H27NO5S/c1-6-27-22(26)19-15(4)20(16(5)24)29-21(19)23-18(25)8-7-11-28-17-10-9-13(2)12-14(17)3/h9-10,12H,6-8,11H2,1-5H3,(H,23,25). The zero-order valence-electron chi connectivity index (χ0n) is 17.5. The van der Waals surface area contributed by atoms with Crippen molar-refractivity contribution in [3.05, 3.63) is 45.3 Å². The van der Waals surface area contributed by atoms with E-state index in [1.165, 1.54) is 12.5 Å². The third-order valence-corrected chi connectivity index (χ3v) is 5.64. The number of rotatable bonds is 9. The van der Waals surface area contributed by atoms with Gasteiger partial charge in [0, 0.05) is 6.42 Å². The molecule has 1 aromatic carbocycles. The highest BCUT2D eigenvalue weighted by Crippen LogP contribution is 2.34. The minimum Gasteiger partial charge on any atom is -0.493 e. The first-order valence-corrected chi connectivity index (χ1v) is 10.4. The van der Waals surface area contributed by atoms with E-state index < -0.39 is 5.97 Å². The molecule has 2 aromatic rings. The van der Waals surface area contributed by atoms with Gasteiger partial charge in [-0.25, -0.2) is 4.79 Å².